The normalized spacial score (nSPS) is 18.7. The van der Waals surface area contributed by atoms with Gasteiger partial charge in [0.05, 0.1) is 6.54 Å². The zero-order valence-electron chi connectivity index (χ0n) is 6.91. The summed E-state index contributed by atoms with van der Waals surface area (Å²) in [6, 6.07) is 0. The highest BCUT2D eigenvalue weighted by atomic mass is 16.5. The number of aldehydes is 1. The summed E-state index contributed by atoms with van der Waals surface area (Å²) in [6.45, 7) is 1.43. The Balaban J connectivity index is 2.24. The van der Waals surface area contributed by atoms with Crippen LogP contribution in [0.5, 0.6) is 0 Å². The van der Waals surface area contributed by atoms with Crippen molar-refractivity contribution in [2.75, 3.05) is 19.8 Å². The SMILES string of the molecule is O=CCNC(=O)C1CCOCC1. The molecule has 0 spiro atoms. The van der Waals surface area contributed by atoms with E-state index in [4.69, 9.17) is 4.74 Å². The first kappa shape index (κ1) is 9.19. The van der Waals surface area contributed by atoms with Gasteiger partial charge in [0.1, 0.15) is 6.29 Å². The zero-order valence-corrected chi connectivity index (χ0v) is 6.91. The Morgan fingerprint density at radius 1 is 1.50 bits per heavy atom. The highest BCUT2D eigenvalue weighted by Gasteiger charge is 2.20. The fourth-order valence-corrected chi connectivity index (χ4v) is 1.25. The molecule has 68 valence electrons. The van der Waals surface area contributed by atoms with Crippen molar-refractivity contribution in [1.82, 2.24) is 5.32 Å². The molecule has 1 rings (SSSR count). The summed E-state index contributed by atoms with van der Waals surface area (Å²) in [7, 11) is 0. The van der Waals surface area contributed by atoms with Gasteiger partial charge in [0.25, 0.3) is 0 Å². The number of carbonyl (C=O) groups excluding carboxylic acids is 2. The lowest BCUT2D eigenvalue weighted by atomic mass is 10.00. The van der Waals surface area contributed by atoms with E-state index in [-0.39, 0.29) is 18.4 Å². The molecule has 0 aromatic rings. The van der Waals surface area contributed by atoms with Crippen LogP contribution in [-0.4, -0.2) is 32.0 Å². The third kappa shape index (κ3) is 2.62. The summed E-state index contributed by atoms with van der Waals surface area (Å²) >= 11 is 0. The molecule has 0 aromatic carbocycles. The van der Waals surface area contributed by atoms with Crippen molar-refractivity contribution in [3.63, 3.8) is 0 Å². The van der Waals surface area contributed by atoms with E-state index in [1.807, 2.05) is 0 Å². The van der Waals surface area contributed by atoms with E-state index in [2.05, 4.69) is 5.32 Å². The minimum absolute atomic E-state index is 0.0228. The van der Waals surface area contributed by atoms with Crippen LogP contribution in [0.2, 0.25) is 0 Å². The largest absolute Gasteiger partial charge is 0.381 e. The molecule has 0 bridgehead atoms. The van der Waals surface area contributed by atoms with Gasteiger partial charge >= 0.3 is 0 Å². The molecule has 0 atom stereocenters. The van der Waals surface area contributed by atoms with Gasteiger partial charge in [-0.05, 0) is 12.8 Å². The minimum atomic E-state index is -0.0228. The molecule has 0 unspecified atom stereocenters. The maximum Gasteiger partial charge on any atom is 0.223 e. The lowest BCUT2D eigenvalue weighted by Crippen LogP contribution is -2.35. The standard InChI is InChI=1S/C8H13NO3/c10-4-3-9-8(11)7-1-5-12-6-2-7/h4,7H,1-3,5-6H2,(H,9,11). The maximum atomic E-state index is 11.2. The molecule has 0 aromatic heterocycles. The number of hydrogen-bond acceptors (Lipinski definition) is 3. The van der Waals surface area contributed by atoms with Gasteiger partial charge < -0.3 is 14.8 Å². The van der Waals surface area contributed by atoms with E-state index < -0.39 is 0 Å². The van der Waals surface area contributed by atoms with Crippen molar-refractivity contribution in [3.05, 3.63) is 0 Å². The van der Waals surface area contributed by atoms with Crippen molar-refractivity contribution in [2.45, 2.75) is 12.8 Å². The van der Waals surface area contributed by atoms with Gasteiger partial charge in [0.2, 0.25) is 5.91 Å². The molecule has 1 aliphatic rings. The van der Waals surface area contributed by atoms with Gasteiger partial charge in [-0.3, -0.25) is 4.79 Å². The van der Waals surface area contributed by atoms with Crippen LogP contribution in [-0.2, 0) is 14.3 Å². The molecule has 0 saturated carbocycles. The molecule has 12 heavy (non-hydrogen) atoms. The summed E-state index contributed by atoms with van der Waals surface area (Å²) < 4.78 is 5.10. The summed E-state index contributed by atoms with van der Waals surface area (Å²) in [5.74, 6) is 0.0177. The summed E-state index contributed by atoms with van der Waals surface area (Å²) in [5, 5.41) is 2.54. The average molecular weight is 171 g/mol. The van der Waals surface area contributed by atoms with E-state index in [1.165, 1.54) is 0 Å². The molecular formula is C8H13NO3. The molecule has 4 nitrogen and oxygen atoms in total. The summed E-state index contributed by atoms with van der Waals surface area (Å²) in [6.07, 6.45) is 2.23. The van der Waals surface area contributed by atoms with Crippen LogP contribution in [0.3, 0.4) is 0 Å². The third-order valence-electron chi connectivity index (χ3n) is 1.95. The Morgan fingerprint density at radius 3 is 2.75 bits per heavy atom. The van der Waals surface area contributed by atoms with Gasteiger partial charge in [-0.15, -0.1) is 0 Å². The summed E-state index contributed by atoms with van der Waals surface area (Å²) in [5.41, 5.74) is 0. The highest BCUT2D eigenvalue weighted by Crippen LogP contribution is 2.13. The Bertz CT molecular complexity index is 164. The molecule has 1 aliphatic heterocycles. The van der Waals surface area contributed by atoms with Crippen LogP contribution in [0, 0.1) is 5.92 Å². The van der Waals surface area contributed by atoms with Gasteiger partial charge in [-0.2, -0.15) is 0 Å². The van der Waals surface area contributed by atoms with Crippen molar-refractivity contribution in [1.29, 1.82) is 0 Å². The first-order valence-electron chi connectivity index (χ1n) is 4.13. The number of ether oxygens (including phenoxy) is 1. The van der Waals surface area contributed by atoms with Crippen LogP contribution >= 0.6 is 0 Å². The van der Waals surface area contributed by atoms with Crippen molar-refractivity contribution < 1.29 is 14.3 Å². The van der Waals surface area contributed by atoms with Gasteiger partial charge in [-0.25, -0.2) is 0 Å². The lowest BCUT2D eigenvalue weighted by Gasteiger charge is -2.20. The second-order valence-electron chi connectivity index (χ2n) is 2.80. The van der Waals surface area contributed by atoms with Crippen LogP contribution in [0.15, 0.2) is 0 Å². The predicted molar refractivity (Wildman–Crippen MR) is 42.6 cm³/mol. The van der Waals surface area contributed by atoms with Crippen molar-refractivity contribution >= 4 is 12.2 Å². The average Bonchev–Trinajstić information content (AvgIpc) is 2.15. The monoisotopic (exact) mass is 171 g/mol. The summed E-state index contributed by atoms with van der Waals surface area (Å²) in [4.78, 5) is 21.2. The molecule has 4 heteroatoms. The third-order valence-corrected chi connectivity index (χ3v) is 1.95. The maximum absolute atomic E-state index is 11.2. The van der Waals surface area contributed by atoms with Crippen LogP contribution in [0.4, 0.5) is 0 Å². The van der Waals surface area contributed by atoms with E-state index in [1.54, 1.807) is 0 Å². The molecule has 1 N–H and O–H groups in total. The Morgan fingerprint density at radius 2 is 2.17 bits per heavy atom. The molecule has 0 radical (unpaired) electrons. The molecule has 0 aliphatic carbocycles. The fraction of sp³-hybridized carbons (Fsp3) is 0.750. The Kier molecular flexibility index (Phi) is 3.73. The smallest absolute Gasteiger partial charge is 0.223 e. The highest BCUT2D eigenvalue weighted by molar-refractivity contribution is 5.80. The first-order chi connectivity index (χ1) is 5.84. The van der Waals surface area contributed by atoms with Gasteiger partial charge in [-0.1, -0.05) is 0 Å². The first-order valence-corrected chi connectivity index (χ1v) is 4.13. The van der Waals surface area contributed by atoms with Crippen molar-refractivity contribution in [2.24, 2.45) is 5.92 Å². The number of nitrogens with one attached hydrogen (secondary N) is 1. The van der Waals surface area contributed by atoms with Gasteiger partial charge in [0.15, 0.2) is 0 Å². The Labute approximate surface area is 71.3 Å². The quantitative estimate of drug-likeness (QED) is 0.594. The Hall–Kier alpha value is -0.900. The van der Waals surface area contributed by atoms with Crippen LogP contribution in [0.25, 0.3) is 0 Å². The second-order valence-corrected chi connectivity index (χ2v) is 2.80. The molecule has 1 heterocycles. The number of hydrogen-bond donors (Lipinski definition) is 1. The molecule has 1 amide bonds. The van der Waals surface area contributed by atoms with Crippen LogP contribution in [0.1, 0.15) is 12.8 Å². The minimum Gasteiger partial charge on any atom is -0.381 e. The van der Waals surface area contributed by atoms with Gasteiger partial charge in [0, 0.05) is 19.1 Å². The predicted octanol–water partition coefficient (Wildman–Crippen LogP) is -0.272. The number of carbonyl (C=O) groups is 2. The van der Waals surface area contributed by atoms with Crippen molar-refractivity contribution in [3.8, 4) is 0 Å². The van der Waals surface area contributed by atoms with Crippen LogP contribution < -0.4 is 5.32 Å². The van der Waals surface area contributed by atoms with E-state index in [0.717, 1.165) is 12.8 Å². The lowest BCUT2D eigenvalue weighted by molar-refractivity contribution is -0.128. The second kappa shape index (κ2) is 4.87. The van der Waals surface area contributed by atoms with E-state index in [9.17, 15) is 9.59 Å². The molecular weight excluding hydrogens is 158 g/mol. The topological polar surface area (TPSA) is 55.4 Å². The number of amides is 1. The zero-order chi connectivity index (χ0) is 8.81. The fourth-order valence-electron chi connectivity index (χ4n) is 1.25. The molecule has 1 saturated heterocycles. The molecule has 1 fully saturated rings. The number of rotatable bonds is 3. The van der Waals surface area contributed by atoms with E-state index in [0.29, 0.717) is 19.5 Å². The van der Waals surface area contributed by atoms with E-state index >= 15 is 0 Å².